The van der Waals surface area contributed by atoms with Crippen LogP contribution in [0.2, 0.25) is 0 Å². The lowest BCUT2D eigenvalue weighted by atomic mass is 9.86. The van der Waals surface area contributed by atoms with E-state index in [-0.39, 0.29) is 78.6 Å². The Bertz CT molecular complexity index is 2470. The lowest BCUT2D eigenvalue weighted by Gasteiger charge is -2.31. The zero-order valence-corrected chi connectivity index (χ0v) is 40.9. The van der Waals surface area contributed by atoms with Gasteiger partial charge in [0, 0.05) is 86.9 Å². The molecule has 16 heteroatoms. The van der Waals surface area contributed by atoms with Crippen molar-refractivity contribution in [3.8, 4) is 0 Å². The first-order valence-electron chi connectivity index (χ1n) is 24.7. The van der Waals surface area contributed by atoms with Gasteiger partial charge in [-0.15, -0.1) is 0 Å². The van der Waals surface area contributed by atoms with E-state index in [1.165, 1.54) is 0 Å². The van der Waals surface area contributed by atoms with Gasteiger partial charge in [-0.3, -0.25) is 19.2 Å². The molecule has 2 unspecified atom stereocenters. The second-order valence-corrected chi connectivity index (χ2v) is 21.9. The summed E-state index contributed by atoms with van der Waals surface area (Å²) in [5.41, 5.74) is 3.83. The van der Waals surface area contributed by atoms with E-state index in [1.54, 1.807) is 28.9 Å². The maximum atomic E-state index is 13.7. The van der Waals surface area contributed by atoms with Crippen molar-refractivity contribution in [1.82, 2.24) is 28.9 Å². The van der Waals surface area contributed by atoms with Gasteiger partial charge < -0.3 is 28.8 Å². The Kier molecular flexibility index (Phi) is 15.1. The van der Waals surface area contributed by atoms with Crippen LogP contribution in [0.25, 0.3) is 22.1 Å². The monoisotopic (exact) mass is 951 g/mol. The van der Waals surface area contributed by atoms with Crippen molar-refractivity contribution in [3.63, 3.8) is 0 Å². The Labute approximate surface area is 397 Å². The molecule has 0 radical (unpaired) electrons. The predicted octanol–water partition coefficient (Wildman–Crippen LogP) is 10.7. The molecule has 4 fully saturated rings. The number of carbonyl (C=O) groups is 4. The minimum absolute atomic E-state index is 0.0591. The van der Waals surface area contributed by atoms with Crippen molar-refractivity contribution in [3.05, 3.63) is 59.2 Å². The lowest BCUT2D eigenvalue weighted by Crippen LogP contribution is -2.42. The molecule has 2 atom stereocenters. The molecule has 1 N–H and O–H groups in total. The van der Waals surface area contributed by atoms with E-state index in [2.05, 4.69) is 50.7 Å². The number of aliphatic carboxylic acids is 1. The van der Waals surface area contributed by atoms with E-state index in [0.717, 1.165) is 41.0 Å². The Hall–Kier alpha value is -5.02. The highest BCUT2D eigenvalue weighted by Gasteiger charge is 2.38. The first-order chi connectivity index (χ1) is 31.9. The van der Waals surface area contributed by atoms with Gasteiger partial charge >= 0.3 is 11.9 Å². The largest absolute Gasteiger partial charge is 0.481 e. The first-order valence-corrected chi connectivity index (χ1v) is 24.7. The molecular formula is C52H70F4N6O6. The van der Waals surface area contributed by atoms with Gasteiger partial charge in [0.2, 0.25) is 11.8 Å². The molecule has 2 saturated carbocycles. The molecule has 12 nitrogen and oxygen atoms in total. The van der Waals surface area contributed by atoms with Crippen LogP contribution < -0.4 is 0 Å². The van der Waals surface area contributed by atoms with E-state index in [1.807, 2.05) is 24.3 Å². The number of hydrogen-bond donors (Lipinski definition) is 1. The van der Waals surface area contributed by atoms with Gasteiger partial charge in [0.15, 0.2) is 0 Å². The maximum absolute atomic E-state index is 13.7. The fourth-order valence-electron chi connectivity index (χ4n) is 10.5. The Balaban J connectivity index is 0.000000202. The number of likely N-dealkylation sites (tertiary alicyclic amines) is 2. The van der Waals surface area contributed by atoms with Crippen molar-refractivity contribution in [2.24, 2.45) is 23.7 Å². The molecule has 2 amide bonds. The number of carboxylic acid groups (broad SMARTS) is 1. The molecule has 0 bridgehead atoms. The van der Waals surface area contributed by atoms with E-state index in [4.69, 9.17) is 14.7 Å². The molecule has 2 aliphatic heterocycles. The van der Waals surface area contributed by atoms with Crippen molar-refractivity contribution in [1.29, 1.82) is 0 Å². The topological polar surface area (TPSA) is 140 Å². The Morgan fingerprint density at radius 3 is 1.43 bits per heavy atom. The number of carbonyl (C=O) groups excluding carboxylic acids is 3. The number of imidazole rings is 2. The Morgan fingerprint density at radius 2 is 1.04 bits per heavy atom. The maximum Gasteiger partial charge on any atom is 0.310 e. The van der Waals surface area contributed by atoms with Gasteiger partial charge in [-0.1, -0.05) is 41.5 Å². The summed E-state index contributed by atoms with van der Waals surface area (Å²) in [5, 5.41) is 9.33. The molecule has 4 heterocycles. The second kappa shape index (κ2) is 20.1. The van der Waals surface area contributed by atoms with Crippen LogP contribution in [0.3, 0.4) is 0 Å². The number of nitrogens with zero attached hydrogens (tertiary/aromatic N) is 6. The summed E-state index contributed by atoms with van der Waals surface area (Å²) in [6.07, 6.45) is 4.49. The third-order valence-electron chi connectivity index (χ3n) is 14.3. The van der Waals surface area contributed by atoms with E-state index < -0.39 is 23.7 Å². The quantitative estimate of drug-likeness (QED) is 0.129. The Morgan fingerprint density at radius 1 is 0.647 bits per heavy atom. The highest BCUT2D eigenvalue weighted by Crippen LogP contribution is 2.40. The van der Waals surface area contributed by atoms with Crippen LogP contribution in [0.15, 0.2) is 36.4 Å². The van der Waals surface area contributed by atoms with Crippen LogP contribution in [0.1, 0.15) is 158 Å². The summed E-state index contributed by atoms with van der Waals surface area (Å²) in [6, 6.07) is 11.0. The number of halogens is 4. The number of aromatic nitrogens is 4. The van der Waals surface area contributed by atoms with Gasteiger partial charge in [0.1, 0.15) is 11.6 Å². The smallest absolute Gasteiger partial charge is 0.310 e. The number of alkyl halides is 4. The number of amides is 2. The molecular weight excluding hydrogens is 881 g/mol. The predicted molar refractivity (Wildman–Crippen MR) is 252 cm³/mol. The van der Waals surface area contributed by atoms with E-state index >= 15 is 0 Å². The van der Waals surface area contributed by atoms with Gasteiger partial charge in [-0.25, -0.2) is 27.5 Å². The molecule has 2 saturated heterocycles. The van der Waals surface area contributed by atoms with Crippen molar-refractivity contribution in [2.75, 3.05) is 32.8 Å². The normalized spacial score (nSPS) is 21.6. The van der Waals surface area contributed by atoms with Crippen LogP contribution in [-0.2, 0) is 38.2 Å². The number of ether oxygens (including phenoxy) is 1. The average molecular weight is 951 g/mol. The van der Waals surface area contributed by atoms with Gasteiger partial charge in [-0.2, -0.15) is 0 Å². The molecule has 4 aromatic rings. The summed E-state index contributed by atoms with van der Waals surface area (Å²) in [7, 11) is 0. The van der Waals surface area contributed by atoms with Crippen molar-refractivity contribution < 1.29 is 46.6 Å². The number of carboxylic acids is 1. The molecule has 2 aromatic carbocycles. The lowest BCUT2D eigenvalue weighted by molar-refractivity contribution is -0.149. The molecule has 8 rings (SSSR count). The van der Waals surface area contributed by atoms with Gasteiger partial charge in [0.05, 0.1) is 40.5 Å². The second-order valence-electron chi connectivity index (χ2n) is 21.9. The number of rotatable bonds is 9. The van der Waals surface area contributed by atoms with Crippen LogP contribution in [0.5, 0.6) is 0 Å². The zero-order valence-electron chi connectivity index (χ0n) is 40.9. The minimum atomic E-state index is -2.55. The third kappa shape index (κ3) is 11.9. The summed E-state index contributed by atoms with van der Waals surface area (Å²) in [5.74, 6) is -5.17. The average Bonchev–Trinajstić information content (AvgIpc) is 3.85. The summed E-state index contributed by atoms with van der Waals surface area (Å²) in [4.78, 5) is 63.1. The number of fused-ring (bicyclic) bond motifs is 2. The van der Waals surface area contributed by atoms with E-state index in [0.29, 0.717) is 94.5 Å². The SMILES string of the molecule is CC(C)(C)c1nc2cc(C(=O)N3CCCC(C(=O)O)C3)ccc2n1CC1CCC(F)(F)CC1.CCOC(=O)C1CCCN(C(=O)c2ccc3c(c2)nc(C(C)(C)C)n3CC2CCC(F)(F)CC2)C1. The van der Waals surface area contributed by atoms with Crippen LogP contribution in [0, 0.1) is 23.7 Å². The van der Waals surface area contributed by atoms with Crippen LogP contribution in [-0.4, -0.2) is 102 Å². The highest BCUT2D eigenvalue weighted by molar-refractivity contribution is 5.98. The minimum Gasteiger partial charge on any atom is -0.481 e. The van der Waals surface area contributed by atoms with Crippen LogP contribution in [0.4, 0.5) is 17.6 Å². The van der Waals surface area contributed by atoms with Crippen LogP contribution >= 0.6 is 0 Å². The first kappa shape index (κ1) is 50.8. The molecule has 372 valence electrons. The van der Waals surface area contributed by atoms with Crippen molar-refractivity contribution >= 4 is 45.8 Å². The fourth-order valence-corrected chi connectivity index (χ4v) is 10.5. The fraction of sp³-hybridized carbons (Fsp3) is 0.654. The number of benzene rings is 2. The van der Waals surface area contributed by atoms with Gasteiger partial charge in [-0.05, 0) is 107 Å². The molecule has 2 aliphatic carbocycles. The molecule has 68 heavy (non-hydrogen) atoms. The number of piperidine rings is 2. The molecule has 4 aliphatic rings. The summed E-state index contributed by atoms with van der Waals surface area (Å²) >= 11 is 0. The number of hydrogen-bond acceptors (Lipinski definition) is 7. The van der Waals surface area contributed by atoms with Gasteiger partial charge in [0.25, 0.3) is 11.8 Å². The molecule has 0 spiro atoms. The highest BCUT2D eigenvalue weighted by atomic mass is 19.3. The number of esters is 1. The summed E-state index contributed by atoms with van der Waals surface area (Å²) < 4.78 is 64.1. The third-order valence-corrected chi connectivity index (χ3v) is 14.3. The standard InChI is InChI=1S/C27H37F2N3O3.C25H33F2N3O3/c1-5-35-24(34)20-7-6-14-31(17-20)23(33)19-8-9-22-21(15-19)30-25(26(2,3)4)32(22)16-18-10-12-27(28,29)13-11-18;1-24(2,3)23-28-19-13-17(21(31)29-12-4-5-18(15-29)22(32)33)6-7-20(19)30(23)14-16-8-10-25(26,27)11-9-16/h8-9,15,18,20H,5-7,10-14,16-17H2,1-4H3;6-7,13,16,18H,4-5,8-12,14-15H2,1-3H3,(H,32,33). The van der Waals surface area contributed by atoms with Crippen molar-refractivity contribution in [2.45, 2.75) is 161 Å². The zero-order chi connectivity index (χ0) is 49.3. The van der Waals surface area contributed by atoms with E-state index in [9.17, 15) is 41.8 Å². The summed E-state index contributed by atoms with van der Waals surface area (Å²) in [6.45, 7) is 17.7. The molecule has 2 aromatic heterocycles.